The van der Waals surface area contributed by atoms with Crippen molar-refractivity contribution in [2.45, 2.75) is 44.3 Å². The lowest BCUT2D eigenvalue weighted by Crippen LogP contribution is -2.41. The molecule has 42 heavy (non-hydrogen) atoms. The molecule has 3 aromatic rings. The molecular weight excluding hydrogens is 614 g/mol. The summed E-state index contributed by atoms with van der Waals surface area (Å²) in [5.74, 6) is -2.34. The van der Waals surface area contributed by atoms with E-state index in [0.29, 0.717) is 44.0 Å². The summed E-state index contributed by atoms with van der Waals surface area (Å²) in [5.41, 5.74) is 6.15. The van der Waals surface area contributed by atoms with Crippen molar-refractivity contribution in [3.8, 4) is 11.1 Å². The number of ether oxygens (including phenoxy) is 1. The summed E-state index contributed by atoms with van der Waals surface area (Å²) in [4.78, 5) is 22.5. The molecule has 0 radical (unpaired) electrons. The van der Waals surface area contributed by atoms with Crippen molar-refractivity contribution < 1.29 is 22.7 Å². The van der Waals surface area contributed by atoms with E-state index in [1.54, 1.807) is 6.92 Å². The Bertz CT molecular complexity index is 1460. The largest absolute Gasteiger partial charge is 0.465 e. The number of hydrogen-bond donors (Lipinski definition) is 2. The highest BCUT2D eigenvalue weighted by Crippen LogP contribution is 2.46. The molecule has 2 aliphatic heterocycles. The van der Waals surface area contributed by atoms with Crippen molar-refractivity contribution in [3.63, 3.8) is 0 Å². The van der Waals surface area contributed by atoms with Gasteiger partial charge in [0.15, 0.2) is 0 Å². The lowest BCUT2D eigenvalue weighted by Gasteiger charge is -2.39. The van der Waals surface area contributed by atoms with Crippen LogP contribution in [0.4, 0.5) is 24.9 Å². The lowest BCUT2D eigenvalue weighted by molar-refractivity contribution is -0.145. The zero-order chi connectivity index (χ0) is 30.2. The minimum Gasteiger partial charge on any atom is -0.465 e. The van der Waals surface area contributed by atoms with Crippen molar-refractivity contribution in [1.82, 2.24) is 15.3 Å². The number of carbonyl (C=O) groups excluding carboxylic acids is 1. The smallest absolute Gasteiger partial charge is 0.401 e. The Kier molecular flexibility index (Phi) is 8.81. The fourth-order valence-electron chi connectivity index (χ4n) is 5.94. The molecule has 3 heterocycles. The number of anilines is 2. The van der Waals surface area contributed by atoms with E-state index in [0.717, 1.165) is 12.8 Å². The number of nitrogen functional groups attached to an aromatic ring is 1. The van der Waals surface area contributed by atoms with E-state index in [2.05, 4.69) is 15.3 Å². The summed E-state index contributed by atoms with van der Waals surface area (Å²) in [5, 5.41) is 4.06. The Morgan fingerprint density at radius 1 is 1.10 bits per heavy atom. The highest BCUT2D eigenvalue weighted by molar-refractivity contribution is 6.35. The predicted octanol–water partition coefficient (Wildman–Crippen LogP) is 6.89. The normalized spacial score (nSPS) is 19.2. The van der Waals surface area contributed by atoms with Gasteiger partial charge >= 0.3 is 12.1 Å². The Balaban J connectivity index is 1.46. The topological polar surface area (TPSA) is 93.4 Å². The molecule has 1 spiro atoms. The molecule has 224 valence electrons. The summed E-state index contributed by atoms with van der Waals surface area (Å²) in [6.07, 6.45) is -2.62. The first-order chi connectivity index (χ1) is 19.9. The second kappa shape index (κ2) is 12.1. The minimum atomic E-state index is -4.73. The molecule has 0 unspecified atom stereocenters. The molecule has 0 bridgehead atoms. The first kappa shape index (κ1) is 30.7. The first-order valence-electron chi connectivity index (χ1n) is 13.5. The number of carbonyl (C=O) groups is 1. The SMILES string of the molecule is CCOC(=O)[C@@H]1CC2(CCN(c3cc([C@@H](c4ccc(Cl)cc4-c4cc(Cl)cc(Cl)c4)C(F)(F)F)nc(N)n3)CC2)CN1. The van der Waals surface area contributed by atoms with Gasteiger partial charge in [-0.3, -0.25) is 4.79 Å². The van der Waals surface area contributed by atoms with Gasteiger partial charge in [0.25, 0.3) is 0 Å². The summed E-state index contributed by atoms with van der Waals surface area (Å²) in [6, 6.07) is 9.74. The quantitative estimate of drug-likeness (QED) is 0.283. The third-order valence-corrected chi connectivity index (χ3v) is 8.62. The van der Waals surface area contributed by atoms with Crippen LogP contribution in [0.25, 0.3) is 11.1 Å². The number of alkyl halides is 3. The summed E-state index contributed by atoms with van der Waals surface area (Å²) >= 11 is 18.6. The molecule has 0 aliphatic carbocycles. The molecule has 2 aromatic carbocycles. The lowest BCUT2D eigenvalue weighted by atomic mass is 9.76. The van der Waals surface area contributed by atoms with Gasteiger partial charge in [0.1, 0.15) is 17.8 Å². The molecule has 0 amide bonds. The average Bonchev–Trinajstić information content (AvgIpc) is 3.32. The van der Waals surface area contributed by atoms with Gasteiger partial charge in [-0.25, -0.2) is 4.98 Å². The molecule has 3 N–H and O–H groups in total. The van der Waals surface area contributed by atoms with Crippen molar-refractivity contribution >= 4 is 52.5 Å². The minimum absolute atomic E-state index is 0.0751. The van der Waals surface area contributed by atoms with Crippen LogP contribution in [0.1, 0.15) is 43.4 Å². The van der Waals surface area contributed by atoms with Gasteiger partial charge in [-0.05, 0) is 78.6 Å². The Labute approximate surface area is 256 Å². The average molecular weight is 643 g/mol. The molecule has 7 nitrogen and oxygen atoms in total. The number of nitrogens with two attached hydrogens (primary N) is 1. The van der Waals surface area contributed by atoms with Crippen LogP contribution < -0.4 is 16.0 Å². The highest BCUT2D eigenvalue weighted by Gasteiger charge is 2.46. The maximum atomic E-state index is 14.9. The van der Waals surface area contributed by atoms with Crippen LogP contribution >= 0.6 is 34.8 Å². The van der Waals surface area contributed by atoms with E-state index in [1.807, 2.05) is 4.90 Å². The Hall–Kier alpha value is -2.79. The molecular formula is C29H29Cl3F3N5O2. The third-order valence-electron chi connectivity index (χ3n) is 7.95. The van der Waals surface area contributed by atoms with E-state index < -0.39 is 12.1 Å². The van der Waals surface area contributed by atoms with E-state index in [-0.39, 0.29) is 55.3 Å². The summed E-state index contributed by atoms with van der Waals surface area (Å²) < 4.78 is 49.8. The number of esters is 1. The third kappa shape index (κ3) is 6.56. The maximum absolute atomic E-state index is 14.9. The number of benzene rings is 2. The number of hydrogen-bond acceptors (Lipinski definition) is 7. The zero-order valence-corrected chi connectivity index (χ0v) is 24.9. The number of halogens is 6. The van der Waals surface area contributed by atoms with E-state index >= 15 is 0 Å². The van der Waals surface area contributed by atoms with Gasteiger partial charge < -0.3 is 20.7 Å². The van der Waals surface area contributed by atoms with Crippen molar-refractivity contribution in [3.05, 3.63) is 68.8 Å². The van der Waals surface area contributed by atoms with Crippen LogP contribution in [0.15, 0.2) is 42.5 Å². The van der Waals surface area contributed by atoms with E-state index in [1.165, 1.54) is 42.5 Å². The van der Waals surface area contributed by atoms with Crippen LogP contribution in [-0.4, -0.2) is 54.4 Å². The molecule has 0 saturated carbocycles. The van der Waals surface area contributed by atoms with Crippen molar-refractivity contribution in [1.29, 1.82) is 0 Å². The van der Waals surface area contributed by atoms with Crippen LogP contribution in [0, 0.1) is 5.41 Å². The molecule has 1 aromatic heterocycles. The Morgan fingerprint density at radius 3 is 2.43 bits per heavy atom. The number of aromatic nitrogens is 2. The van der Waals surface area contributed by atoms with Crippen molar-refractivity contribution in [2.75, 3.05) is 36.9 Å². The van der Waals surface area contributed by atoms with Crippen LogP contribution in [-0.2, 0) is 9.53 Å². The molecule has 2 saturated heterocycles. The zero-order valence-electron chi connectivity index (χ0n) is 22.6. The molecule has 2 fully saturated rings. The molecule has 13 heteroatoms. The second-order valence-corrected chi connectivity index (χ2v) is 12.1. The Morgan fingerprint density at radius 2 is 1.79 bits per heavy atom. The monoisotopic (exact) mass is 641 g/mol. The number of piperidine rings is 1. The predicted molar refractivity (Wildman–Crippen MR) is 158 cm³/mol. The van der Waals surface area contributed by atoms with Gasteiger partial charge in [0.2, 0.25) is 5.95 Å². The van der Waals surface area contributed by atoms with Crippen LogP contribution in [0.5, 0.6) is 0 Å². The summed E-state index contributed by atoms with van der Waals surface area (Å²) in [6.45, 7) is 3.84. The highest BCUT2D eigenvalue weighted by atomic mass is 35.5. The number of rotatable bonds is 6. The molecule has 2 aliphatic rings. The standard InChI is InChI=1S/C29H29Cl3F3N5O2/c1-2-42-26(41)23-14-28(15-37-23)5-7-40(8-6-28)24-13-22(38-27(36)39-24)25(29(33,34)35)20-4-3-17(30)12-21(20)16-9-18(31)11-19(32)10-16/h3-4,9-13,23,25,37H,2,5-8,14-15H2,1H3,(H2,36,38,39)/t23-,25+/m0/s1. The van der Waals surface area contributed by atoms with Crippen molar-refractivity contribution in [2.24, 2.45) is 5.41 Å². The van der Waals surface area contributed by atoms with Gasteiger partial charge in [-0.15, -0.1) is 0 Å². The second-order valence-electron chi connectivity index (χ2n) is 10.8. The first-order valence-corrected chi connectivity index (χ1v) is 14.6. The van der Waals surface area contributed by atoms with E-state index in [9.17, 15) is 18.0 Å². The van der Waals surface area contributed by atoms with E-state index in [4.69, 9.17) is 45.3 Å². The van der Waals surface area contributed by atoms with Gasteiger partial charge in [0.05, 0.1) is 12.3 Å². The van der Waals surface area contributed by atoms with Gasteiger partial charge in [0, 0.05) is 40.8 Å². The summed E-state index contributed by atoms with van der Waals surface area (Å²) in [7, 11) is 0. The molecule has 5 rings (SSSR count). The molecule has 2 atom stereocenters. The van der Waals surface area contributed by atoms with Crippen LogP contribution in [0.3, 0.4) is 0 Å². The number of nitrogens with one attached hydrogen (secondary N) is 1. The van der Waals surface area contributed by atoms with Gasteiger partial charge in [-0.1, -0.05) is 40.9 Å². The maximum Gasteiger partial charge on any atom is 0.401 e. The van der Waals surface area contributed by atoms with Gasteiger partial charge in [-0.2, -0.15) is 18.2 Å². The fourth-order valence-corrected chi connectivity index (χ4v) is 6.64. The van der Waals surface area contributed by atoms with Crippen LogP contribution in [0.2, 0.25) is 15.1 Å². The number of nitrogens with zero attached hydrogens (tertiary/aromatic N) is 3. The fraction of sp³-hybridized carbons (Fsp3) is 0.414.